The van der Waals surface area contributed by atoms with Gasteiger partial charge in [0, 0.05) is 18.8 Å². The predicted molar refractivity (Wildman–Crippen MR) is 120 cm³/mol. The Morgan fingerprint density at radius 1 is 1.10 bits per heavy atom. The second-order valence-electron chi connectivity index (χ2n) is 7.24. The summed E-state index contributed by atoms with van der Waals surface area (Å²) >= 11 is 0. The fourth-order valence-corrected chi connectivity index (χ4v) is 3.71. The van der Waals surface area contributed by atoms with Gasteiger partial charge >= 0.3 is 0 Å². The van der Waals surface area contributed by atoms with Crippen LogP contribution >= 0.6 is 0 Å². The van der Waals surface area contributed by atoms with Crippen LogP contribution in [0.25, 0.3) is 10.8 Å². The van der Waals surface area contributed by atoms with Crippen molar-refractivity contribution < 1.29 is 14.3 Å². The highest BCUT2D eigenvalue weighted by Crippen LogP contribution is 2.26. The van der Waals surface area contributed by atoms with Crippen molar-refractivity contribution in [3.8, 4) is 5.75 Å². The van der Waals surface area contributed by atoms with Gasteiger partial charge in [0.05, 0.1) is 32.1 Å². The fraction of sp³-hybridized carbons (Fsp3) is 0.250. The average Bonchev–Trinajstić information content (AvgIpc) is 2.78. The maximum Gasteiger partial charge on any atom is 0.275 e. The van der Waals surface area contributed by atoms with Crippen LogP contribution in [0.15, 0.2) is 59.7 Å². The average molecular weight is 403 g/mol. The number of hydrogen-bond donors (Lipinski definition) is 1. The standard InChI is InChI=1S/C24H25N3O3/c1-17-13-18(7-8-22(17)27-9-11-30-12-10-27)16-25-26-24(28)21-14-19-5-3-4-6-20(19)15-23(21)29-2/h3-8,13-16H,9-12H2,1-2H3,(H,26,28)/b25-16-. The van der Waals surface area contributed by atoms with E-state index in [1.165, 1.54) is 11.3 Å². The van der Waals surface area contributed by atoms with Crippen molar-refractivity contribution in [3.63, 3.8) is 0 Å². The molecule has 0 spiro atoms. The van der Waals surface area contributed by atoms with Gasteiger partial charge in [0.1, 0.15) is 5.75 Å². The van der Waals surface area contributed by atoms with Crippen molar-refractivity contribution in [2.45, 2.75) is 6.92 Å². The van der Waals surface area contributed by atoms with Crippen molar-refractivity contribution in [1.29, 1.82) is 0 Å². The number of aryl methyl sites for hydroxylation is 1. The van der Waals surface area contributed by atoms with Gasteiger partial charge < -0.3 is 14.4 Å². The van der Waals surface area contributed by atoms with E-state index in [0.29, 0.717) is 11.3 Å². The van der Waals surface area contributed by atoms with Crippen molar-refractivity contribution >= 4 is 28.6 Å². The number of rotatable bonds is 5. The van der Waals surface area contributed by atoms with Crippen LogP contribution in [0.3, 0.4) is 0 Å². The number of carbonyl (C=O) groups excluding carboxylic acids is 1. The van der Waals surface area contributed by atoms with E-state index in [4.69, 9.17) is 9.47 Å². The molecule has 0 radical (unpaired) electrons. The Morgan fingerprint density at radius 3 is 2.53 bits per heavy atom. The molecular formula is C24H25N3O3. The number of nitrogens with one attached hydrogen (secondary N) is 1. The topological polar surface area (TPSA) is 63.2 Å². The van der Waals surface area contributed by atoms with E-state index in [1.807, 2.05) is 42.5 Å². The molecule has 30 heavy (non-hydrogen) atoms. The molecule has 1 saturated heterocycles. The van der Waals surface area contributed by atoms with E-state index in [0.717, 1.165) is 42.6 Å². The van der Waals surface area contributed by atoms with E-state index in [-0.39, 0.29) is 5.91 Å². The second-order valence-corrected chi connectivity index (χ2v) is 7.24. The molecule has 0 aromatic heterocycles. The third kappa shape index (κ3) is 4.28. The van der Waals surface area contributed by atoms with E-state index in [2.05, 4.69) is 34.5 Å². The summed E-state index contributed by atoms with van der Waals surface area (Å²) in [6.45, 7) is 5.40. The van der Waals surface area contributed by atoms with Gasteiger partial charge in [-0.1, -0.05) is 30.3 Å². The lowest BCUT2D eigenvalue weighted by Gasteiger charge is -2.30. The van der Waals surface area contributed by atoms with Crippen LogP contribution in [0.5, 0.6) is 5.75 Å². The van der Waals surface area contributed by atoms with Crippen LogP contribution in [0.1, 0.15) is 21.5 Å². The van der Waals surface area contributed by atoms with Gasteiger partial charge in [0.15, 0.2) is 0 Å². The summed E-state index contributed by atoms with van der Waals surface area (Å²) in [7, 11) is 1.56. The second kappa shape index (κ2) is 8.97. The Kier molecular flexibility index (Phi) is 5.95. The Morgan fingerprint density at radius 2 is 1.83 bits per heavy atom. The first-order valence-corrected chi connectivity index (χ1v) is 9.99. The number of fused-ring (bicyclic) bond motifs is 1. The predicted octanol–water partition coefficient (Wildman–Crippen LogP) is 3.76. The van der Waals surface area contributed by atoms with Gasteiger partial charge in [-0.2, -0.15) is 5.10 Å². The monoisotopic (exact) mass is 403 g/mol. The third-order valence-electron chi connectivity index (χ3n) is 5.26. The van der Waals surface area contributed by atoms with Crippen LogP contribution in [-0.4, -0.2) is 45.5 Å². The van der Waals surface area contributed by atoms with Crippen molar-refractivity contribution in [2.75, 3.05) is 38.3 Å². The summed E-state index contributed by atoms with van der Waals surface area (Å²) in [5, 5.41) is 6.14. The maximum absolute atomic E-state index is 12.7. The first kappa shape index (κ1) is 19.9. The third-order valence-corrected chi connectivity index (χ3v) is 5.26. The fourth-order valence-electron chi connectivity index (χ4n) is 3.71. The van der Waals surface area contributed by atoms with Gasteiger partial charge in [-0.05, 0) is 53.1 Å². The molecule has 0 unspecified atom stereocenters. The molecule has 1 aliphatic rings. The van der Waals surface area contributed by atoms with Gasteiger partial charge in [0.25, 0.3) is 5.91 Å². The number of carbonyl (C=O) groups is 1. The van der Waals surface area contributed by atoms with Gasteiger partial charge in [-0.15, -0.1) is 0 Å². The molecule has 0 saturated carbocycles. The minimum Gasteiger partial charge on any atom is -0.496 e. The van der Waals surface area contributed by atoms with E-state index >= 15 is 0 Å². The zero-order valence-corrected chi connectivity index (χ0v) is 17.2. The number of hydrogen-bond acceptors (Lipinski definition) is 5. The number of morpholine rings is 1. The lowest BCUT2D eigenvalue weighted by Crippen LogP contribution is -2.36. The summed E-state index contributed by atoms with van der Waals surface area (Å²) in [4.78, 5) is 15.0. The molecule has 1 heterocycles. The number of ether oxygens (including phenoxy) is 2. The van der Waals surface area contributed by atoms with Crippen LogP contribution in [0.4, 0.5) is 5.69 Å². The van der Waals surface area contributed by atoms with Crippen LogP contribution in [0.2, 0.25) is 0 Å². The molecule has 1 N–H and O–H groups in total. The van der Waals surface area contributed by atoms with Crippen LogP contribution in [-0.2, 0) is 4.74 Å². The first-order chi connectivity index (χ1) is 14.7. The zero-order chi connectivity index (χ0) is 20.9. The minimum atomic E-state index is -0.310. The smallest absolute Gasteiger partial charge is 0.275 e. The molecule has 6 nitrogen and oxygen atoms in total. The quantitative estimate of drug-likeness (QED) is 0.521. The number of anilines is 1. The summed E-state index contributed by atoms with van der Waals surface area (Å²) in [5.41, 5.74) is 6.36. The normalized spacial score (nSPS) is 14.3. The summed E-state index contributed by atoms with van der Waals surface area (Å²) in [6, 6.07) is 17.7. The molecule has 4 rings (SSSR count). The highest BCUT2D eigenvalue weighted by Gasteiger charge is 2.14. The molecule has 1 aliphatic heterocycles. The van der Waals surface area contributed by atoms with E-state index in [9.17, 15) is 4.79 Å². The lowest BCUT2D eigenvalue weighted by atomic mass is 10.1. The Bertz CT molecular complexity index is 1090. The number of hydrazone groups is 1. The van der Waals surface area contributed by atoms with E-state index < -0.39 is 0 Å². The molecule has 1 fully saturated rings. The highest BCUT2D eigenvalue weighted by atomic mass is 16.5. The summed E-state index contributed by atoms with van der Waals surface area (Å²) < 4.78 is 10.8. The molecule has 1 amide bonds. The highest BCUT2D eigenvalue weighted by molar-refractivity contribution is 6.02. The van der Waals surface area contributed by atoms with E-state index in [1.54, 1.807) is 13.3 Å². The largest absolute Gasteiger partial charge is 0.496 e. The van der Waals surface area contributed by atoms with Gasteiger partial charge in [-0.3, -0.25) is 4.79 Å². The molecule has 3 aromatic carbocycles. The summed E-state index contributed by atoms with van der Waals surface area (Å²) in [5.74, 6) is 0.211. The number of methoxy groups -OCH3 is 1. The van der Waals surface area contributed by atoms with Gasteiger partial charge in [0.2, 0.25) is 0 Å². The molecule has 0 atom stereocenters. The summed E-state index contributed by atoms with van der Waals surface area (Å²) in [6.07, 6.45) is 1.65. The van der Waals surface area contributed by atoms with Crippen molar-refractivity contribution in [3.05, 3.63) is 71.3 Å². The Balaban J connectivity index is 1.47. The molecule has 6 heteroatoms. The first-order valence-electron chi connectivity index (χ1n) is 9.99. The van der Waals surface area contributed by atoms with Crippen molar-refractivity contribution in [1.82, 2.24) is 5.43 Å². The number of amides is 1. The Hall–Kier alpha value is -3.38. The minimum absolute atomic E-state index is 0.310. The lowest BCUT2D eigenvalue weighted by molar-refractivity contribution is 0.0952. The molecular weight excluding hydrogens is 378 g/mol. The number of benzene rings is 3. The zero-order valence-electron chi connectivity index (χ0n) is 17.2. The molecule has 0 aliphatic carbocycles. The SMILES string of the molecule is COc1cc2ccccc2cc1C(=O)N/N=C\c1ccc(N2CCOCC2)c(C)c1. The van der Waals surface area contributed by atoms with Crippen LogP contribution in [0, 0.1) is 6.92 Å². The van der Waals surface area contributed by atoms with Gasteiger partial charge in [-0.25, -0.2) is 5.43 Å². The van der Waals surface area contributed by atoms with Crippen LogP contribution < -0.4 is 15.1 Å². The molecule has 0 bridgehead atoms. The molecule has 3 aromatic rings. The molecule has 154 valence electrons. The van der Waals surface area contributed by atoms with Crippen molar-refractivity contribution in [2.24, 2.45) is 5.10 Å². The maximum atomic E-state index is 12.7. The number of nitrogens with zero attached hydrogens (tertiary/aromatic N) is 2. The Labute approximate surface area is 176 Å².